The summed E-state index contributed by atoms with van der Waals surface area (Å²) in [4.78, 5) is 23.7. The van der Waals surface area contributed by atoms with Crippen LogP contribution in [-0.4, -0.2) is 33.4 Å². The van der Waals surface area contributed by atoms with E-state index in [1.807, 2.05) is 6.92 Å². The third-order valence-electron chi connectivity index (χ3n) is 3.01. The van der Waals surface area contributed by atoms with Gasteiger partial charge >= 0.3 is 5.69 Å². The van der Waals surface area contributed by atoms with Crippen molar-refractivity contribution in [2.75, 3.05) is 6.54 Å². The fourth-order valence-electron chi connectivity index (χ4n) is 1.93. The summed E-state index contributed by atoms with van der Waals surface area (Å²) < 4.78 is 0. The average Bonchev–Trinajstić information content (AvgIpc) is 3.13. The highest BCUT2D eigenvalue weighted by Gasteiger charge is 2.32. The number of benzene rings is 1. The Morgan fingerprint density at radius 2 is 2.22 bits per heavy atom. The zero-order valence-corrected chi connectivity index (χ0v) is 10.00. The van der Waals surface area contributed by atoms with Gasteiger partial charge in [-0.05, 0) is 31.9 Å². The molecule has 0 aromatic heterocycles. The maximum absolute atomic E-state index is 12.1. The van der Waals surface area contributed by atoms with Gasteiger partial charge in [-0.3, -0.25) is 14.9 Å². The SMILES string of the molecule is CCN(C(=O)c1ccc([N+](=O)[O-])c(O)c1)C1CC1. The number of nitro benzene ring substituents is 1. The van der Waals surface area contributed by atoms with E-state index < -0.39 is 10.7 Å². The van der Waals surface area contributed by atoms with Crippen molar-refractivity contribution in [3.8, 4) is 5.75 Å². The molecule has 0 aliphatic heterocycles. The second-order valence-electron chi connectivity index (χ2n) is 4.28. The summed E-state index contributed by atoms with van der Waals surface area (Å²) >= 11 is 0. The van der Waals surface area contributed by atoms with Crippen LogP contribution in [0.4, 0.5) is 5.69 Å². The van der Waals surface area contributed by atoms with Crippen LogP contribution >= 0.6 is 0 Å². The van der Waals surface area contributed by atoms with Crippen LogP contribution in [0.1, 0.15) is 30.1 Å². The fourth-order valence-corrected chi connectivity index (χ4v) is 1.93. The quantitative estimate of drug-likeness (QED) is 0.653. The van der Waals surface area contributed by atoms with Crippen LogP contribution in [-0.2, 0) is 0 Å². The maximum Gasteiger partial charge on any atom is 0.310 e. The highest BCUT2D eigenvalue weighted by atomic mass is 16.6. The van der Waals surface area contributed by atoms with Gasteiger partial charge in [0.05, 0.1) is 4.92 Å². The highest BCUT2D eigenvalue weighted by Crippen LogP contribution is 2.30. The van der Waals surface area contributed by atoms with Crippen molar-refractivity contribution < 1.29 is 14.8 Å². The van der Waals surface area contributed by atoms with Crippen molar-refractivity contribution in [1.29, 1.82) is 0 Å². The summed E-state index contributed by atoms with van der Waals surface area (Å²) in [5.41, 5.74) is -0.104. The van der Waals surface area contributed by atoms with E-state index in [1.54, 1.807) is 4.90 Å². The van der Waals surface area contributed by atoms with E-state index >= 15 is 0 Å². The molecule has 0 saturated heterocycles. The number of rotatable bonds is 4. The molecule has 0 bridgehead atoms. The summed E-state index contributed by atoms with van der Waals surface area (Å²) in [6.07, 6.45) is 2.00. The van der Waals surface area contributed by atoms with Crippen molar-refractivity contribution >= 4 is 11.6 Å². The average molecular weight is 250 g/mol. The third-order valence-corrected chi connectivity index (χ3v) is 3.01. The van der Waals surface area contributed by atoms with Gasteiger partial charge in [0.15, 0.2) is 5.75 Å². The molecular weight excluding hydrogens is 236 g/mol. The molecule has 0 radical (unpaired) electrons. The Balaban J connectivity index is 2.25. The molecule has 1 N–H and O–H groups in total. The molecule has 0 spiro atoms. The van der Waals surface area contributed by atoms with Crippen molar-refractivity contribution in [3.05, 3.63) is 33.9 Å². The molecule has 1 fully saturated rings. The smallest absolute Gasteiger partial charge is 0.310 e. The lowest BCUT2D eigenvalue weighted by molar-refractivity contribution is -0.385. The van der Waals surface area contributed by atoms with E-state index in [1.165, 1.54) is 6.07 Å². The van der Waals surface area contributed by atoms with Gasteiger partial charge in [-0.15, -0.1) is 0 Å². The standard InChI is InChI=1S/C12H14N2O4/c1-2-13(9-4-5-9)12(16)8-3-6-10(14(17)18)11(15)7-8/h3,6-7,9,15H,2,4-5H2,1H3. The lowest BCUT2D eigenvalue weighted by atomic mass is 10.1. The molecule has 96 valence electrons. The van der Waals surface area contributed by atoms with Crippen molar-refractivity contribution in [2.24, 2.45) is 0 Å². The first-order valence-corrected chi connectivity index (χ1v) is 5.83. The van der Waals surface area contributed by atoms with Crippen LogP contribution in [0.2, 0.25) is 0 Å². The monoisotopic (exact) mass is 250 g/mol. The Bertz CT molecular complexity index is 497. The van der Waals surface area contributed by atoms with Gasteiger partial charge < -0.3 is 10.0 Å². The van der Waals surface area contributed by atoms with Crippen molar-refractivity contribution in [2.45, 2.75) is 25.8 Å². The third kappa shape index (κ3) is 2.27. The molecule has 2 rings (SSSR count). The number of carbonyl (C=O) groups excluding carboxylic acids is 1. The molecule has 1 amide bonds. The molecule has 0 heterocycles. The van der Waals surface area contributed by atoms with Gasteiger partial charge in [-0.1, -0.05) is 0 Å². The van der Waals surface area contributed by atoms with E-state index in [9.17, 15) is 20.0 Å². The van der Waals surface area contributed by atoms with Crippen LogP contribution in [0, 0.1) is 10.1 Å². The fraction of sp³-hybridized carbons (Fsp3) is 0.417. The maximum atomic E-state index is 12.1. The zero-order valence-electron chi connectivity index (χ0n) is 10.00. The van der Waals surface area contributed by atoms with Gasteiger partial charge in [-0.2, -0.15) is 0 Å². The van der Waals surface area contributed by atoms with Gasteiger partial charge in [0.1, 0.15) is 0 Å². The predicted octanol–water partition coefficient (Wildman–Crippen LogP) is 1.92. The zero-order chi connectivity index (χ0) is 13.3. The molecular formula is C12H14N2O4. The molecule has 1 aromatic carbocycles. The Hall–Kier alpha value is -2.11. The summed E-state index contributed by atoms with van der Waals surface area (Å²) in [6.45, 7) is 2.49. The topological polar surface area (TPSA) is 83.7 Å². The Labute approximate surface area is 104 Å². The molecule has 0 unspecified atom stereocenters. The number of phenols is 1. The summed E-state index contributed by atoms with van der Waals surface area (Å²) in [7, 11) is 0. The molecule has 1 aliphatic carbocycles. The van der Waals surface area contributed by atoms with Gasteiger partial charge in [-0.25, -0.2) is 0 Å². The second kappa shape index (κ2) is 4.64. The van der Waals surface area contributed by atoms with Gasteiger partial charge in [0, 0.05) is 24.2 Å². The lowest BCUT2D eigenvalue weighted by Crippen LogP contribution is -2.32. The summed E-state index contributed by atoms with van der Waals surface area (Å²) in [5, 5.41) is 20.1. The first-order chi connectivity index (χ1) is 8.54. The lowest BCUT2D eigenvalue weighted by Gasteiger charge is -2.20. The number of hydrogen-bond donors (Lipinski definition) is 1. The first-order valence-electron chi connectivity index (χ1n) is 5.83. The van der Waals surface area contributed by atoms with E-state index in [4.69, 9.17) is 0 Å². The van der Waals surface area contributed by atoms with Crippen molar-refractivity contribution in [3.63, 3.8) is 0 Å². The van der Waals surface area contributed by atoms with Crippen LogP contribution < -0.4 is 0 Å². The Morgan fingerprint density at radius 1 is 1.56 bits per heavy atom. The van der Waals surface area contributed by atoms with E-state index in [0.29, 0.717) is 6.54 Å². The van der Waals surface area contributed by atoms with E-state index in [0.717, 1.165) is 25.0 Å². The highest BCUT2D eigenvalue weighted by molar-refractivity contribution is 5.95. The number of nitrogens with zero attached hydrogens (tertiary/aromatic N) is 2. The molecule has 1 aromatic rings. The van der Waals surface area contributed by atoms with E-state index in [2.05, 4.69) is 0 Å². The second-order valence-corrected chi connectivity index (χ2v) is 4.28. The predicted molar refractivity (Wildman–Crippen MR) is 64.5 cm³/mol. The summed E-state index contributed by atoms with van der Waals surface area (Å²) in [6, 6.07) is 3.97. The molecule has 6 nitrogen and oxygen atoms in total. The Kier molecular flexibility index (Phi) is 3.18. The number of aromatic hydroxyl groups is 1. The van der Waals surface area contributed by atoms with Crippen molar-refractivity contribution in [1.82, 2.24) is 4.90 Å². The summed E-state index contributed by atoms with van der Waals surface area (Å²) in [5.74, 6) is -0.664. The number of nitro groups is 1. The number of phenolic OH excluding ortho intramolecular Hbond substituents is 1. The minimum absolute atomic E-state index is 0.190. The number of hydrogen-bond acceptors (Lipinski definition) is 4. The van der Waals surface area contributed by atoms with Crippen LogP contribution in [0.3, 0.4) is 0 Å². The molecule has 6 heteroatoms. The minimum atomic E-state index is -0.679. The minimum Gasteiger partial charge on any atom is -0.502 e. The van der Waals surface area contributed by atoms with Gasteiger partial charge in [0.2, 0.25) is 0 Å². The molecule has 1 aliphatic rings. The van der Waals surface area contributed by atoms with E-state index in [-0.39, 0.29) is 23.2 Å². The Morgan fingerprint density at radius 3 is 2.67 bits per heavy atom. The van der Waals surface area contributed by atoms with Gasteiger partial charge in [0.25, 0.3) is 5.91 Å². The largest absolute Gasteiger partial charge is 0.502 e. The molecule has 18 heavy (non-hydrogen) atoms. The molecule has 0 atom stereocenters. The number of carbonyl (C=O) groups is 1. The van der Waals surface area contributed by atoms with Crippen LogP contribution in [0.15, 0.2) is 18.2 Å². The normalized spacial score (nSPS) is 14.3. The van der Waals surface area contributed by atoms with Crippen LogP contribution in [0.25, 0.3) is 0 Å². The number of amides is 1. The molecule has 1 saturated carbocycles. The first kappa shape index (κ1) is 12.3. The van der Waals surface area contributed by atoms with Crippen LogP contribution in [0.5, 0.6) is 5.75 Å².